The van der Waals surface area contributed by atoms with Gasteiger partial charge in [-0.2, -0.15) is 0 Å². The van der Waals surface area contributed by atoms with Gasteiger partial charge in [-0.05, 0) is 48.6 Å². The molecule has 0 aromatic heterocycles. The molecule has 21 heavy (non-hydrogen) atoms. The van der Waals surface area contributed by atoms with Crippen molar-refractivity contribution in [1.82, 2.24) is 5.32 Å². The maximum absolute atomic E-state index is 12.3. The van der Waals surface area contributed by atoms with Crippen LogP contribution in [-0.2, 0) is 12.8 Å². The summed E-state index contributed by atoms with van der Waals surface area (Å²) in [4.78, 5) is 12.3. The number of fused-ring (bicyclic) bond motifs is 1. The lowest BCUT2D eigenvalue weighted by atomic mass is 9.88. The van der Waals surface area contributed by atoms with Crippen LogP contribution < -0.4 is 5.32 Å². The van der Waals surface area contributed by atoms with Gasteiger partial charge in [0.25, 0.3) is 5.91 Å². The summed E-state index contributed by atoms with van der Waals surface area (Å²) in [5.74, 6) is -0.196. The summed E-state index contributed by atoms with van der Waals surface area (Å²) in [6, 6.07) is 12.8. The second-order valence-electron chi connectivity index (χ2n) is 5.35. The van der Waals surface area contributed by atoms with E-state index in [1.54, 1.807) is 0 Å². The quantitative estimate of drug-likeness (QED) is 0.894. The molecule has 1 atom stereocenters. The average molecular weight is 302 g/mol. The number of carbonyl (C=O) groups is 1. The van der Waals surface area contributed by atoms with Gasteiger partial charge in [-0.25, -0.2) is 0 Å². The minimum Gasteiger partial charge on any atom is -0.508 e. The summed E-state index contributed by atoms with van der Waals surface area (Å²) in [5.41, 5.74) is 2.96. The second kappa shape index (κ2) is 5.78. The Bertz CT molecular complexity index is 684. The van der Waals surface area contributed by atoms with Crippen LogP contribution in [-0.4, -0.2) is 17.1 Å². The summed E-state index contributed by atoms with van der Waals surface area (Å²) in [5, 5.41) is 12.8. The van der Waals surface area contributed by atoms with Crippen molar-refractivity contribution >= 4 is 17.5 Å². The van der Waals surface area contributed by atoms with Crippen LogP contribution in [0.25, 0.3) is 0 Å². The molecule has 0 radical (unpaired) electrons. The summed E-state index contributed by atoms with van der Waals surface area (Å²) >= 11 is 6.02. The molecule has 0 aliphatic heterocycles. The number of phenolic OH excluding ortho intramolecular Hbond substituents is 1. The molecular formula is C17H16ClNO2. The van der Waals surface area contributed by atoms with Gasteiger partial charge in [-0.3, -0.25) is 4.79 Å². The minimum absolute atomic E-state index is 0.0403. The van der Waals surface area contributed by atoms with Crippen molar-refractivity contribution in [3.8, 4) is 5.75 Å². The molecule has 0 saturated heterocycles. The normalized spacial score (nSPS) is 17.1. The Morgan fingerprint density at radius 1 is 1.19 bits per heavy atom. The summed E-state index contributed by atoms with van der Waals surface area (Å²) in [7, 11) is 0. The first-order chi connectivity index (χ1) is 10.1. The monoisotopic (exact) mass is 301 g/mol. The average Bonchev–Trinajstić information content (AvgIpc) is 2.49. The fourth-order valence-electron chi connectivity index (χ4n) is 2.77. The van der Waals surface area contributed by atoms with E-state index >= 15 is 0 Å². The number of hydrogen-bond acceptors (Lipinski definition) is 2. The van der Waals surface area contributed by atoms with Gasteiger partial charge in [0.1, 0.15) is 5.75 Å². The van der Waals surface area contributed by atoms with Crippen molar-refractivity contribution in [1.29, 1.82) is 0 Å². The highest BCUT2D eigenvalue weighted by Gasteiger charge is 2.21. The lowest BCUT2D eigenvalue weighted by molar-refractivity contribution is 0.0933. The molecule has 0 saturated carbocycles. The molecule has 2 aromatic rings. The van der Waals surface area contributed by atoms with Crippen LogP contribution in [0.3, 0.4) is 0 Å². The molecular weight excluding hydrogens is 286 g/mol. The fraction of sp³-hybridized carbons (Fsp3) is 0.235. The first kappa shape index (κ1) is 14.0. The topological polar surface area (TPSA) is 49.3 Å². The number of halogens is 1. The molecule has 4 heteroatoms. The van der Waals surface area contributed by atoms with Crippen LogP contribution in [0.1, 0.15) is 27.9 Å². The second-order valence-corrected chi connectivity index (χ2v) is 5.75. The molecule has 3 nitrogen and oxygen atoms in total. The highest BCUT2D eigenvalue weighted by Crippen LogP contribution is 2.24. The van der Waals surface area contributed by atoms with E-state index in [1.165, 1.54) is 29.3 Å². The lowest BCUT2D eigenvalue weighted by Crippen LogP contribution is -2.38. The largest absolute Gasteiger partial charge is 0.508 e. The number of carbonyl (C=O) groups excluding carboxylic acids is 1. The first-order valence-electron chi connectivity index (χ1n) is 6.99. The van der Waals surface area contributed by atoms with Crippen molar-refractivity contribution in [2.45, 2.75) is 25.3 Å². The highest BCUT2D eigenvalue weighted by atomic mass is 35.5. The predicted molar refractivity (Wildman–Crippen MR) is 82.8 cm³/mol. The van der Waals surface area contributed by atoms with Gasteiger partial charge in [-0.15, -0.1) is 0 Å². The SMILES string of the molecule is O=C(NC1CCc2ccccc2C1)c1cc(O)ccc1Cl. The van der Waals surface area contributed by atoms with E-state index in [0.29, 0.717) is 10.6 Å². The third kappa shape index (κ3) is 3.03. The van der Waals surface area contributed by atoms with Gasteiger partial charge in [0.15, 0.2) is 0 Å². The van der Waals surface area contributed by atoms with E-state index in [-0.39, 0.29) is 17.7 Å². The fourth-order valence-corrected chi connectivity index (χ4v) is 2.97. The van der Waals surface area contributed by atoms with Crippen molar-refractivity contribution < 1.29 is 9.90 Å². The molecule has 2 aromatic carbocycles. The van der Waals surface area contributed by atoms with Crippen molar-refractivity contribution in [3.05, 3.63) is 64.2 Å². The van der Waals surface area contributed by atoms with E-state index in [0.717, 1.165) is 19.3 Å². The lowest BCUT2D eigenvalue weighted by Gasteiger charge is -2.25. The first-order valence-corrected chi connectivity index (χ1v) is 7.37. The summed E-state index contributed by atoms with van der Waals surface area (Å²) < 4.78 is 0. The van der Waals surface area contributed by atoms with Crippen LogP contribution >= 0.6 is 11.6 Å². The molecule has 0 bridgehead atoms. The molecule has 0 fully saturated rings. The third-order valence-corrected chi connectivity index (χ3v) is 4.21. The smallest absolute Gasteiger partial charge is 0.253 e. The summed E-state index contributed by atoms with van der Waals surface area (Å²) in [6.07, 6.45) is 2.71. The van der Waals surface area contributed by atoms with Crippen molar-refractivity contribution in [3.63, 3.8) is 0 Å². The zero-order chi connectivity index (χ0) is 14.8. The van der Waals surface area contributed by atoms with E-state index in [1.807, 2.05) is 12.1 Å². The number of hydrogen-bond donors (Lipinski definition) is 2. The Hall–Kier alpha value is -2.00. The predicted octanol–water partition coefficient (Wildman–Crippen LogP) is 3.33. The van der Waals surface area contributed by atoms with Crippen LogP contribution in [0.15, 0.2) is 42.5 Å². The highest BCUT2D eigenvalue weighted by molar-refractivity contribution is 6.33. The van der Waals surface area contributed by atoms with Crippen LogP contribution in [0.5, 0.6) is 5.75 Å². The number of aromatic hydroxyl groups is 1. The molecule has 1 aliphatic carbocycles. The number of aryl methyl sites for hydroxylation is 1. The van der Waals surface area contributed by atoms with Gasteiger partial charge in [0.05, 0.1) is 10.6 Å². The number of benzene rings is 2. The Morgan fingerprint density at radius 3 is 2.76 bits per heavy atom. The molecule has 1 aliphatic rings. The molecule has 1 unspecified atom stereocenters. The van der Waals surface area contributed by atoms with Crippen molar-refractivity contribution in [2.75, 3.05) is 0 Å². The maximum Gasteiger partial charge on any atom is 0.253 e. The number of rotatable bonds is 2. The Kier molecular flexibility index (Phi) is 3.84. The van der Waals surface area contributed by atoms with Gasteiger partial charge in [0, 0.05) is 6.04 Å². The van der Waals surface area contributed by atoms with E-state index in [4.69, 9.17) is 11.6 Å². The maximum atomic E-state index is 12.3. The summed E-state index contributed by atoms with van der Waals surface area (Å²) in [6.45, 7) is 0. The molecule has 3 rings (SSSR count). The standard InChI is InChI=1S/C17H16ClNO2/c18-16-8-7-14(20)10-15(16)17(21)19-13-6-5-11-3-1-2-4-12(11)9-13/h1-4,7-8,10,13,20H,5-6,9H2,(H,19,21). The van der Waals surface area contributed by atoms with Crippen molar-refractivity contribution in [2.24, 2.45) is 0 Å². The number of amides is 1. The molecule has 0 spiro atoms. The van der Waals surface area contributed by atoms with Gasteiger partial charge in [0.2, 0.25) is 0 Å². The number of phenols is 1. The molecule has 0 heterocycles. The zero-order valence-corrected chi connectivity index (χ0v) is 12.2. The number of nitrogens with one attached hydrogen (secondary N) is 1. The Balaban J connectivity index is 1.73. The Labute approximate surface area is 128 Å². The molecule has 2 N–H and O–H groups in total. The van der Waals surface area contributed by atoms with Gasteiger partial charge >= 0.3 is 0 Å². The minimum atomic E-state index is -0.236. The van der Waals surface area contributed by atoms with E-state index < -0.39 is 0 Å². The molecule has 1 amide bonds. The Morgan fingerprint density at radius 2 is 1.95 bits per heavy atom. The van der Waals surface area contributed by atoms with E-state index in [2.05, 4.69) is 17.4 Å². The van der Waals surface area contributed by atoms with Gasteiger partial charge in [-0.1, -0.05) is 35.9 Å². The van der Waals surface area contributed by atoms with Crippen LogP contribution in [0.2, 0.25) is 5.02 Å². The van der Waals surface area contributed by atoms with Crippen LogP contribution in [0.4, 0.5) is 0 Å². The molecule has 108 valence electrons. The van der Waals surface area contributed by atoms with Crippen LogP contribution in [0, 0.1) is 0 Å². The zero-order valence-electron chi connectivity index (χ0n) is 11.5. The van der Waals surface area contributed by atoms with Gasteiger partial charge < -0.3 is 10.4 Å². The third-order valence-electron chi connectivity index (χ3n) is 3.88. The van der Waals surface area contributed by atoms with E-state index in [9.17, 15) is 9.90 Å².